The van der Waals surface area contributed by atoms with Crippen LogP contribution in [-0.4, -0.2) is 66.2 Å². The van der Waals surface area contributed by atoms with Crippen LogP contribution < -0.4 is 10.2 Å². The molecular weight excluding hydrogens is 330 g/mol. The molecule has 1 unspecified atom stereocenters. The molecular formula is C19H31N5O2. The van der Waals surface area contributed by atoms with Gasteiger partial charge in [0.1, 0.15) is 5.82 Å². The summed E-state index contributed by atoms with van der Waals surface area (Å²) in [4.78, 5) is 25.4. The first-order valence-electron chi connectivity index (χ1n) is 9.98. The van der Waals surface area contributed by atoms with Crippen molar-refractivity contribution in [2.24, 2.45) is 0 Å². The largest absolute Gasteiger partial charge is 0.465 e. The molecule has 0 bridgehead atoms. The molecule has 26 heavy (non-hydrogen) atoms. The van der Waals surface area contributed by atoms with Gasteiger partial charge in [-0.25, -0.2) is 4.98 Å². The van der Waals surface area contributed by atoms with E-state index in [9.17, 15) is 4.79 Å². The Balaban J connectivity index is 1.53. The second kappa shape index (κ2) is 9.71. The molecule has 2 fully saturated rings. The van der Waals surface area contributed by atoms with E-state index in [0.29, 0.717) is 25.1 Å². The van der Waals surface area contributed by atoms with Crippen molar-refractivity contribution in [3.63, 3.8) is 0 Å². The van der Waals surface area contributed by atoms with Gasteiger partial charge in [-0.05, 0) is 45.2 Å². The summed E-state index contributed by atoms with van der Waals surface area (Å²) in [7, 11) is 0. The number of carbonyl (C=O) groups excluding carboxylic acids is 1. The molecule has 3 rings (SSSR count). The molecule has 144 valence electrons. The molecule has 0 aromatic carbocycles. The van der Waals surface area contributed by atoms with Crippen LogP contribution in [-0.2, 0) is 9.53 Å². The number of nitrogens with one attached hydrogen (secondary N) is 1. The maximum atomic E-state index is 11.8. The van der Waals surface area contributed by atoms with Gasteiger partial charge in [-0.1, -0.05) is 12.8 Å². The fourth-order valence-corrected chi connectivity index (χ4v) is 3.83. The van der Waals surface area contributed by atoms with Gasteiger partial charge in [0.25, 0.3) is 0 Å². The molecule has 3 heterocycles. The second-order valence-electron chi connectivity index (χ2n) is 7.09. The van der Waals surface area contributed by atoms with Crippen LogP contribution in [0.15, 0.2) is 12.3 Å². The number of nitrogens with zero attached hydrogens (tertiary/aromatic N) is 4. The molecule has 2 aliphatic rings. The quantitative estimate of drug-likeness (QED) is 0.747. The smallest absolute Gasteiger partial charge is 0.320 e. The highest BCUT2D eigenvalue weighted by molar-refractivity contribution is 5.71. The van der Waals surface area contributed by atoms with Crippen molar-refractivity contribution >= 4 is 17.7 Å². The van der Waals surface area contributed by atoms with Gasteiger partial charge in [-0.3, -0.25) is 9.69 Å². The third kappa shape index (κ3) is 5.30. The van der Waals surface area contributed by atoms with Crippen molar-refractivity contribution in [2.75, 3.05) is 49.5 Å². The molecule has 0 radical (unpaired) electrons. The molecule has 1 atom stereocenters. The third-order valence-corrected chi connectivity index (χ3v) is 5.20. The van der Waals surface area contributed by atoms with Crippen LogP contribution in [0.1, 0.15) is 45.4 Å². The van der Waals surface area contributed by atoms with Crippen molar-refractivity contribution in [3.05, 3.63) is 12.3 Å². The van der Waals surface area contributed by atoms with Crippen LogP contribution in [0.5, 0.6) is 0 Å². The normalized spacial score (nSPS) is 21.4. The number of ether oxygens (including phenoxy) is 1. The first-order chi connectivity index (χ1) is 12.8. The summed E-state index contributed by atoms with van der Waals surface area (Å²) >= 11 is 0. The van der Waals surface area contributed by atoms with E-state index in [4.69, 9.17) is 9.72 Å². The summed E-state index contributed by atoms with van der Waals surface area (Å²) < 4.78 is 5.08. The van der Waals surface area contributed by atoms with E-state index in [1.54, 1.807) is 0 Å². The standard InChI is InChI=1S/C19H31N5O2/c1-2-26-18(25)15-24-13-7-8-16(24)14-21-19-20-10-9-17(22-19)23-11-5-3-4-6-12-23/h9-10,16H,2-8,11-15H2,1H3,(H,20,21,22). The lowest BCUT2D eigenvalue weighted by Crippen LogP contribution is -2.39. The SMILES string of the molecule is CCOC(=O)CN1CCCC1CNc1nccc(N2CCCCCC2)n1. The van der Waals surface area contributed by atoms with Crippen molar-refractivity contribution < 1.29 is 9.53 Å². The summed E-state index contributed by atoms with van der Waals surface area (Å²) in [5.74, 6) is 1.55. The predicted octanol–water partition coefficient (Wildman–Crippen LogP) is 2.30. The lowest BCUT2D eigenvalue weighted by Gasteiger charge is -2.24. The van der Waals surface area contributed by atoms with Gasteiger partial charge in [-0.2, -0.15) is 4.98 Å². The van der Waals surface area contributed by atoms with Gasteiger partial charge in [0.15, 0.2) is 0 Å². The van der Waals surface area contributed by atoms with Crippen molar-refractivity contribution in [1.82, 2.24) is 14.9 Å². The Hall–Kier alpha value is -1.89. The molecule has 7 nitrogen and oxygen atoms in total. The van der Waals surface area contributed by atoms with Gasteiger partial charge in [-0.15, -0.1) is 0 Å². The topological polar surface area (TPSA) is 70.6 Å². The summed E-state index contributed by atoms with van der Waals surface area (Å²) in [6.07, 6.45) is 9.11. The number of aromatic nitrogens is 2. The van der Waals surface area contributed by atoms with Crippen LogP contribution in [0.4, 0.5) is 11.8 Å². The van der Waals surface area contributed by atoms with E-state index in [2.05, 4.69) is 20.1 Å². The van der Waals surface area contributed by atoms with Crippen LogP contribution in [0.25, 0.3) is 0 Å². The molecule has 0 saturated carbocycles. The number of rotatable bonds is 7. The molecule has 1 N–H and O–H groups in total. The van der Waals surface area contributed by atoms with Gasteiger partial charge >= 0.3 is 5.97 Å². The summed E-state index contributed by atoms with van der Waals surface area (Å²) in [5.41, 5.74) is 0. The Kier molecular flexibility index (Phi) is 7.05. The average molecular weight is 361 g/mol. The molecule has 2 saturated heterocycles. The Labute approximate surface area is 156 Å². The molecule has 0 aliphatic carbocycles. The number of carbonyl (C=O) groups is 1. The van der Waals surface area contributed by atoms with E-state index in [0.717, 1.165) is 44.8 Å². The number of hydrogen-bond donors (Lipinski definition) is 1. The highest BCUT2D eigenvalue weighted by Crippen LogP contribution is 2.20. The third-order valence-electron chi connectivity index (χ3n) is 5.20. The van der Waals surface area contributed by atoms with Crippen LogP contribution in [0.3, 0.4) is 0 Å². The molecule has 7 heteroatoms. The van der Waals surface area contributed by atoms with Crippen LogP contribution >= 0.6 is 0 Å². The zero-order valence-corrected chi connectivity index (χ0v) is 15.8. The summed E-state index contributed by atoms with van der Waals surface area (Å²) in [6, 6.07) is 2.32. The number of likely N-dealkylation sites (tertiary alicyclic amines) is 1. The fourth-order valence-electron chi connectivity index (χ4n) is 3.83. The van der Waals surface area contributed by atoms with Crippen molar-refractivity contribution in [1.29, 1.82) is 0 Å². The molecule has 0 amide bonds. The number of hydrogen-bond acceptors (Lipinski definition) is 7. The zero-order chi connectivity index (χ0) is 18.2. The Bertz CT molecular complexity index is 575. The minimum Gasteiger partial charge on any atom is -0.465 e. The monoisotopic (exact) mass is 361 g/mol. The highest BCUT2D eigenvalue weighted by Gasteiger charge is 2.26. The first kappa shape index (κ1) is 18.9. The van der Waals surface area contributed by atoms with Gasteiger partial charge in [0.05, 0.1) is 13.2 Å². The summed E-state index contributed by atoms with van der Waals surface area (Å²) in [5, 5.41) is 3.37. The number of esters is 1. The van der Waals surface area contributed by atoms with E-state index in [1.807, 2.05) is 19.2 Å². The zero-order valence-electron chi connectivity index (χ0n) is 15.8. The predicted molar refractivity (Wildman–Crippen MR) is 102 cm³/mol. The Morgan fingerprint density at radius 2 is 2.04 bits per heavy atom. The fraction of sp³-hybridized carbons (Fsp3) is 0.737. The molecule has 0 spiro atoms. The van der Waals surface area contributed by atoms with Crippen molar-refractivity contribution in [3.8, 4) is 0 Å². The Morgan fingerprint density at radius 1 is 1.23 bits per heavy atom. The van der Waals surface area contributed by atoms with E-state index >= 15 is 0 Å². The van der Waals surface area contributed by atoms with Gasteiger partial charge in [0.2, 0.25) is 5.95 Å². The lowest BCUT2D eigenvalue weighted by molar-refractivity contribution is -0.144. The van der Waals surface area contributed by atoms with E-state index in [1.165, 1.54) is 25.7 Å². The van der Waals surface area contributed by atoms with Crippen LogP contribution in [0, 0.1) is 0 Å². The lowest BCUT2D eigenvalue weighted by atomic mass is 10.2. The van der Waals surface area contributed by atoms with Gasteiger partial charge in [0, 0.05) is 31.9 Å². The molecule has 1 aromatic heterocycles. The average Bonchev–Trinajstić information content (AvgIpc) is 2.91. The first-order valence-corrected chi connectivity index (χ1v) is 9.98. The summed E-state index contributed by atoms with van der Waals surface area (Å²) in [6.45, 7) is 6.50. The highest BCUT2D eigenvalue weighted by atomic mass is 16.5. The molecule has 1 aromatic rings. The molecule has 2 aliphatic heterocycles. The van der Waals surface area contributed by atoms with E-state index < -0.39 is 0 Å². The van der Waals surface area contributed by atoms with Crippen LogP contribution in [0.2, 0.25) is 0 Å². The van der Waals surface area contributed by atoms with E-state index in [-0.39, 0.29) is 5.97 Å². The second-order valence-corrected chi connectivity index (χ2v) is 7.09. The van der Waals surface area contributed by atoms with Gasteiger partial charge < -0.3 is 15.0 Å². The minimum absolute atomic E-state index is 0.140. The maximum absolute atomic E-state index is 11.8. The Morgan fingerprint density at radius 3 is 2.81 bits per heavy atom. The minimum atomic E-state index is -0.140. The maximum Gasteiger partial charge on any atom is 0.320 e. The number of anilines is 2. The van der Waals surface area contributed by atoms with Crippen molar-refractivity contribution in [2.45, 2.75) is 51.5 Å².